The Morgan fingerprint density at radius 1 is 0.257 bits per heavy atom. The van der Waals surface area contributed by atoms with Gasteiger partial charge in [0.25, 0.3) is 23.6 Å². The zero-order chi connectivity index (χ0) is 102. The SMILES string of the molecule is COC(=O)[C@H](C)NC(=O)[C@H](C)NC(=O)[C@@H](N)CCCCNC(=O)c1ccc(-c2c3nc(c(-c4ccc(C(=O)NCCCC[C@H](N)C(=O)N[C@@H](C)C(=O)N[C@@H](C)C(=O)OC)cc4)c4ccc([nH]4)c(-c4ccc(C(=O)NCCCC[C@H](N)C(=O)N[C@@H](C)C(=O)N[C@@H](C)C(=O)OC)cc4)c4nc(c(-c5ccc(C(=O)NCCCC[C@H](N)C(=O)N[C@@H](C)C(=O)N[C@@H](C)C(=O)OC)cc5)c5ccc2[nH]5)C=C4)C=C3)cc1. The van der Waals surface area contributed by atoms with Gasteiger partial charge in [-0.1, -0.05) is 48.5 Å². The number of carbonyl (C=O) groups is 16. The molecule has 2 aliphatic rings. The Labute approximate surface area is 809 Å². The number of nitrogens with zero attached hydrogens (tertiary/aromatic N) is 2. The fraction of sp³-hybridized carbons (Fsp3) is 0.400. The van der Waals surface area contributed by atoms with Gasteiger partial charge in [0.05, 0.1) is 75.4 Å². The maximum atomic E-state index is 14.0. The fourth-order valence-corrected chi connectivity index (χ4v) is 15.1. The molecule has 0 spiro atoms. The summed E-state index contributed by atoms with van der Waals surface area (Å²) < 4.78 is 18.7. The van der Waals surface area contributed by atoms with Crippen LogP contribution in [0.5, 0.6) is 0 Å². The van der Waals surface area contributed by atoms with Crippen molar-refractivity contribution in [3.63, 3.8) is 0 Å². The number of methoxy groups -OCH3 is 4. The van der Waals surface area contributed by atoms with Crippen LogP contribution in [0.2, 0.25) is 0 Å². The molecule has 8 bridgehead atoms. The Morgan fingerprint density at radius 2 is 0.436 bits per heavy atom. The van der Waals surface area contributed by atoms with Gasteiger partial charge in [0.2, 0.25) is 47.3 Å². The number of aromatic nitrogens is 4. The summed E-state index contributed by atoms with van der Waals surface area (Å²) in [6.07, 6.45) is 12.0. The van der Waals surface area contributed by atoms with Crippen LogP contribution >= 0.6 is 0 Å². The van der Waals surface area contributed by atoms with Gasteiger partial charge >= 0.3 is 23.9 Å². The number of carbonyl (C=O) groups excluding carboxylic acids is 16. The highest BCUT2D eigenvalue weighted by Crippen LogP contribution is 2.39. The number of hydrogen-bond acceptors (Lipinski definition) is 26. The first kappa shape index (κ1) is 108. The molecule has 746 valence electrons. The van der Waals surface area contributed by atoms with Gasteiger partial charge in [0.1, 0.15) is 48.3 Å². The van der Waals surface area contributed by atoms with Crippen molar-refractivity contribution >= 4 is 141 Å². The highest BCUT2D eigenvalue weighted by atomic mass is 16.5. The van der Waals surface area contributed by atoms with E-state index >= 15 is 0 Å². The summed E-state index contributed by atoms with van der Waals surface area (Å²) in [5.74, 6) is -8.83. The first-order valence-electron chi connectivity index (χ1n) is 46.3. The number of ether oxygens (including phenoxy) is 4. The molecule has 5 heterocycles. The van der Waals surface area contributed by atoms with Crippen LogP contribution in [0.1, 0.15) is 197 Å². The van der Waals surface area contributed by atoms with Crippen molar-refractivity contribution in [2.75, 3.05) is 54.6 Å². The van der Waals surface area contributed by atoms with Crippen molar-refractivity contribution < 1.29 is 95.7 Å². The third kappa shape index (κ3) is 30.4. The van der Waals surface area contributed by atoms with Gasteiger partial charge in [-0.25, -0.2) is 29.1 Å². The van der Waals surface area contributed by atoms with E-state index in [4.69, 9.17) is 32.9 Å². The van der Waals surface area contributed by atoms with E-state index in [1.807, 2.05) is 48.6 Å². The summed E-state index contributed by atoms with van der Waals surface area (Å²) in [6.45, 7) is 12.6. The highest BCUT2D eigenvalue weighted by molar-refractivity contribution is 6.04. The summed E-state index contributed by atoms with van der Waals surface area (Å²) in [5, 5.41) is 32.0. The van der Waals surface area contributed by atoms with Gasteiger partial charge in [-0.15, -0.1) is 0 Å². The molecule has 4 aromatic carbocycles. The predicted molar refractivity (Wildman–Crippen MR) is 526 cm³/mol. The van der Waals surface area contributed by atoms with Gasteiger partial charge in [-0.3, -0.25) is 57.5 Å². The number of esters is 4. The van der Waals surface area contributed by atoms with Gasteiger partial charge < -0.3 is 116 Å². The molecule has 2 aliphatic heterocycles. The second-order valence-electron chi connectivity index (χ2n) is 34.2. The molecule has 40 nitrogen and oxygen atoms in total. The summed E-state index contributed by atoms with van der Waals surface area (Å²) in [6, 6.07) is 23.9. The number of hydrogen-bond donors (Lipinski definition) is 18. The van der Waals surface area contributed by atoms with Crippen molar-refractivity contribution in [3.8, 4) is 44.5 Å². The predicted octanol–water partition coefficient (Wildman–Crippen LogP) is 4.96. The highest BCUT2D eigenvalue weighted by Gasteiger charge is 2.31. The van der Waals surface area contributed by atoms with E-state index in [1.165, 1.54) is 83.8 Å². The van der Waals surface area contributed by atoms with Gasteiger partial charge in [0, 0.05) is 92.8 Å². The lowest BCUT2D eigenvalue weighted by Gasteiger charge is -2.19. The van der Waals surface area contributed by atoms with E-state index in [0.717, 1.165) is 0 Å². The van der Waals surface area contributed by atoms with E-state index < -0.39 is 144 Å². The molecule has 0 saturated carbocycles. The van der Waals surface area contributed by atoms with Crippen LogP contribution in [0.15, 0.2) is 121 Å². The Balaban J connectivity index is 1.04. The van der Waals surface area contributed by atoms with Crippen molar-refractivity contribution in [2.24, 2.45) is 22.9 Å². The van der Waals surface area contributed by atoms with Crippen molar-refractivity contribution in [1.82, 2.24) is 83.7 Å². The molecule has 0 radical (unpaired) electrons. The van der Waals surface area contributed by atoms with Gasteiger partial charge in [-0.2, -0.15) is 0 Å². The molecular formula is C100H126N20O20. The van der Waals surface area contributed by atoms with Crippen LogP contribution in [-0.2, 0) is 76.5 Å². The largest absolute Gasteiger partial charge is 0.467 e. The van der Waals surface area contributed by atoms with Crippen LogP contribution in [0.4, 0.5) is 0 Å². The second-order valence-corrected chi connectivity index (χ2v) is 34.2. The normalized spacial score (nSPS) is 13.9. The third-order valence-electron chi connectivity index (χ3n) is 23.4. The van der Waals surface area contributed by atoms with Crippen LogP contribution in [0.3, 0.4) is 0 Å². The number of unbranched alkanes of at least 4 members (excludes halogenated alkanes) is 4. The number of aromatic amines is 2. The van der Waals surface area contributed by atoms with Crippen LogP contribution < -0.4 is 86.7 Å². The minimum atomic E-state index is -1.00. The topological polar surface area (TPSA) is 616 Å². The van der Waals surface area contributed by atoms with Crippen molar-refractivity contribution in [2.45, 2.75) is 205 Å². The number of H-pyrrole nitrogens is 2. The van der Waals surface area contributed by atoms with E-state index in [0.29, 0.717) is 163 Å². The van der Waals surface area contributed by atoms with E-state index in [2.05, 4.69) is 92.7 Å². The maximum Gasteiger partial charge on any atom is 0.328 e. The second kappa shape index (κ2) is 52.4. The molecule has 0 unspecified atom stereocenters. The van der Waals surface area contributed by atoms with E-state index in [9.17, 15) is 76.7 Å². The lowest BCUT2D eigenvalue weighted by Crippen LogP contribution is -2.52. The molecule has 12 amide bonds. The van der Waals surface area contributed by atoms with Gasteiger partial charge in [-0.05, 0) is 252 Å². The average molecular weight is 1930 g/mol. The molecular weight excluding hydrogens is 1800 g/mol. The molecule has 0 aliphatic carbocycles. The van der Waals surface area contributed by atoms with Crippen molar-refractivity contribution in [3.05, 3.63) is 166 Å². The Bertz CT molecular complexity index is 5220. The molecule has 9 rings (SSSR count). The number of rotatable bonds is 48. The zero-order valence-corrected chi connectivity index (χ0v) is 80.5. The Hall–Kier alpha value is -15.2. The summed E-state index contributed by atoms with van der Waals surface area (Å²) in [7, 11) is 4.77. The number of benzene rings is 4. The standard InChI is InChI=1S/C100H126N20O20/c1-53(85(121)113-57(5)97(133)137-9)109-93(129)69(101)21-13-17-49-105-89(125)65-33-25-61(26-34-65)81-73-41-43-75(117-73)82(62-27-35-66(36-28-62)90(126)106-50-18-14-22-70(102)94(130)110-54(2)86(122)114-58(6)98(134)138-10)77-45-47-79(119-77)84(64-31-39-68(40-32-64)92(128)108-52-20-16-24-72(104)96(132)112-56(4)88(124)116-60(8)100(136)140-12)80-48-46-78(120-80)83(76-44-42-74(81)118-76)63-29-37-67(38-30-63)91(127)107-51-19-15-23-71(103)95(131)111-55(3)87(123)115-59(7)99(135)139-11/h25-48,53-60,69-72,117,120H,13-24,49-52,101-104H2,1-12H3,(H,105,125)(H,106,126)(H,107,127)(H,108,128)(H,109,129)(H,110,130)(H,111,131)(H,112,132)(H,113,121)(H,114,122)(H,115,123)(H,116,124)/t53-,54-,55-,56-,57-,58-,59-,60-,69-,70-,71-,72-/m0/s1. The zero-order valence-electron chi connectivity index (χ0n) is 80.5. The smallest absolute Gasteiger partial charge is 0.328 e. The van der Waals surface area contributed by atoms with Crippen LogP contribution in [0, 0.1) is 0 Å². The van der Waals surface area contributed by atoms with Crippen molar-refractivity contribution in [1.29, 1.82) is 0 Å². The third-order valence-corrected chi connectivity index (χ3v) is 23.4. The molecule has 140 heavy (non-hydrogen) atoms. The fourth-order valence-electron chi connectivity index (χ4n) is 15.1. The molecule has 0 fully saturated rings. The number of fused-ring (bicyclic) bond motifs is 8. The average Bonchev–Trinajstić information content (AvgIpc) is 1.61. The summed E-state index contributed by atoms with van der Waals surface area (Å²) in [5.41, 5.74) is 35.5. The molecule has 3 aromatic heterocycles. The molecule has 40 heteroatoms. The summed E-state index contributed by atoms with van der Waals surface area (Å²) >= 11 is 0. The molecule has 22 N–H and O–H groups in total. The minimum absolute atomic E-state index is 0.230. The molecule has 12 atom stereocenters. The number of nitrogens with one attached hydrogen (secondary N) is 14. The van der Waals surface area contributed by atoms with Gasteiger partial charge in [0.15, 0.2) is 0 Å². The lowest BCUT2D eigenvalue weighted by atomic mass is 10.0. The van der Waals surface area contributed by atoms with E-state index in [1.54, 1.807) is 97.1 Å². The quantitative estimate of drug-likeness (QED) is 0.0136. The number of nitrogens with two attached hydrogens (primary N) is 4. The summed E-state index contributed by atoms with van der Waals surface area (Å²) in [4.78, 5) is 224. The minimum Gasteiger partial charge on any atom is -0.467 e. The number of amides is 12. The Kier molecular flexibility index (Phi) is 40.6. The Morgan fingerprint density at radius 3 is 0.614 bits per heavy atom. The first-order valence-corrected chi connectivity index (χ1v) is 46.3. The van der Waals surface area contributed by atoms with Crippen LogP contribution in [-0.4, -0.2) is 242 Å². The maximum absolute atomic E-state index is 14.0. The lowest BCUT2D eigenvalue weighted by molar-refractivity contribution is -0.145. The van der Waals surface area contributed by atoms with Crippen LogP contribution in [0.25, 0.3) is 90.9 Å². The first-order chi connectivity index (χ1) is 66.8. The molecule has 7 aromatic rings. The molecule has 0 saturated heterocycles. The monoisotopic (exact) mass is 1930 g/mol. The van der Waals surface area contributed by atoms with E-state index in [-0.39, 0.29) is 75.5 Å².